The molecular weight excluding hydrogens is 315 g/mol. The van der Waals surface area contributed by atoms with Crippen molar-refractivity contribution in [1.82, 2.24) is 0 Å². The summed E-state index contributed by atoms with van der Waals surface area (Å²) in [4.78, 5) is 0. The van der Waals surface area contributed by atoms with Gasteiger partial charge in [-0.15, -0.1) is 11.6 Å². The minimum atomic E-state index is -0.261. The monoisotopic (exact) mass is 326 g/mol. The van der Waals surface area contributed by atoms with E-state index in [2.05, 4.69) is 40.2 Å². The first-order chi connectivity index (χ1) is 8.56. The molecule has 0 radical (unpaired) electrons. The lowest BCUT2D eigenvalue weighted by Crippen LogP contribution is -1.98. The second-order valence-corrected chi connectivity index (χ2v) is 5.70. The first kappa shape index (κ1) is 13.6. The lowest BCUT2D eigenvalue weighted by atomic mass is 10.0. The van der Waals surface area contributed by atoms with Crippen molar-refractivity contribution in [3.63, 3.8) is 0 Å². The molecule has 0 nitrogen and oxygen atoms in total. The maximum absolute atomic E-state index is 13.2. The fourth-order valence-corrected chi connectivity index (χ4v) is 2.81. The molecule has 0 saturated heterocycles. The number of aryl methyl sites for hydroxylation is 1. The zero-order valence-electron chi connectivity index (χ0n) is 9.96. The predicted molar refractivity (Wildman–Crippen MR) is 77.6 cm³/mol. The normalized spacial score (nSPS) is 12.4. The summed E-state index contributed by atoms with van der Waals surface area (Å²) >= 11 is 9.77. The molecule has 0 spiro atoms. The molecule has 0 amide bonds. The molecule has 2 aromatic rings. The van der Waals surface area contributed by atoms with Crippen LogP contribution in [0.3, 0.4) is 0 Å². The topological polar surface area (TPSA) is 0 Å². The molecule has 2 rings (SSSR count). The summed E-state index contributed by atoms with van der Waals surface area (Å²) in [6, 6.07) is 12.8. The van der Waals surface area contributed by atoms with Crippen molar-refractivity contribution in [2.75, 3.05) is 0 Å². The smallest absolute Gasteiger partial charge is 0.123 e. The van der Waals surface area contributed by atoms with Crippen LogP contribution in [0.25, 0.3) is 0 Å². The van der Waals surface area contributed by atoms with Gasteiger partial charge >= 0.3 is 0 Å². The Labute approximate surface area is 120 Å². The molecule has 0 saturated carbocycles. The average molecular weight is 328 g/mol. The molecule has 1 atom stereocenters. The Balaban J connectivity index is 2.18. The van der Waals surface area contributed by atoms with Gasteiger partial charge in [0.2, 0.25) is 0 Å². The van der Waals surface area contributed by atoms with Crippen LogP contribution in [0.15, 0.2) is 46.9 Å². The van der Waals surface area contributed by atoms with E-state index in [9.17, 15) is 4.39 Å². The van der Waals surface area contributed by atoms with Crippen LogP contribution < -0.4 is 0 Å². The van der Waals surface area contributed by atoms with E-state index in [-0.39, 0.29) is 11.2 Å². The van der Waals surface area contributed by atoms with Gasteiger partial charge in [-0.2, -0.15) is 0 Å². The van der Waals surface area contributed by atoms with E-state index >= 15 is 0 Å². The van der Waals surface area contributed by atoms with Gasteiger partial charge in [0, 0.05) is 4.47 Å². The van der Waals surface area contributed by atoms with Gasteiger partial charge in [-0.3, -0.25) is 0 Å². The SMILES string of the molecule is Cc1ccc(CC(Cl)c2cc(F)ccc2Br)cc1. The Morgan fingerprint density at radius 2 is 1.83 bits per heavy atom. The number of halogens is 3. The van der Waals surface area contributed by atoms with E-state index in [1.165, 1.54) is 17.7 Å². The highest BCUT2D eigenvalue weighted by atomic mass is 79.9. The van der Waals surface area contributed by atoms with Crippen LogP contribution in [0, 0.1) is 12.7 Å². The van der Waals surface area contributed by atoms with Crippen molar-refractivity contribution in [2.24, 2.45) is 0 Å². The lowest BCUT2D eigenvalue weighted by Gasteiger charge is -2.12. The third-order valence-electron chi connectivity index (χ3n) is 2.83. The Morgan fingerprint density at radius 3 is 2.50 bits per heavy atom. The quantitative estimate of drug-likeness (QED) is 0.660. The van der Waals surface area contributed by atoms with Crippen molar-refractivity contribution >= 4 is 27.5 Å². The van der Waals surface area contributed by atoms with E-state index in [1.54, 1.807) is 6.07 Å². The first-order valence-electron chi connectivity index (χ1n) is 5.71. The highest BCUT2D eigenvalue weighted by Crippen LogP contribution is 2.31. The van der Waals surface area contributed by atoms with Gasteiger partial charge in [-0.05, 0) is 42.7 Å². The molecule has 1 unspecified atom stereocenters. The molecule has 0 aliphatic carbocycles. The van der Waals surface area contributed by atoms with E-state index in [0.717, 1.165) is 15.6 Å². The average Bonchev–Trinajstić information content (AvgIpc) is 2.35. The van der Waals surface area contributed by atoms with Crippen molar-refractivity contribution in [3.8, 4) is 0 Å². The largest absolute Gasteiger partial charge is 0.207 e. The summed E-state index contributed by atoms with van der Waals surface area (Å²) in [5.74, 6) is -0.261. The summed E-state index contributed by atoms with van der Waals surface area (Å²) in [6.07, 6.45) is 0.684. The Hall–Kier alpha value is -0.860. The molecule has 0 N–H and O–H groups in total. The van der Waals surface area contributed by atoms with E-state index in [0.29, 0.717) is 6.42 Å². The van der Waals surface area contributed by atoms with Gasteiger partial charge in [0.15, 0.2) is 0 Å². The van der Waals surface area contributed by atoms with Crippen LogP contribution in [0.5, 0.6) is 0 Å². The van der Waals surface area contributed by atoms with Gasteiger partial charge in [0.05, 0.1) is 5.38 Å². The molecule has 0 heterocycles. The highest BCUT2D eigenvalue weighted by Gasteiger charge is 2.13. The zero-order chi connectivity index (χ0) is 13.1. The van der Waals surface area contributed by atoms with Crippen LogP contribution in [-0.4, -0.2) is 0 Å². The van der Waals surface area contributed by atoms with Crippen LogP contribution in [-0.2, 0) is 6.42 Å². The fraction of sp³-hybridized carbons (Fsp3) is 0.200. The first-order valence-corrected chi connectivity index (χ1v) is 6.94. The van der Waals surface area contributed by atoms with Gasteiger partial charge in [0.1, 0.15) is 5.82 Å². The number of hydrogen-bond acceptors (Lipinski definition) is 0. The summed E-state index contributed by atoms with van der Waals surface area (Å²) in [7, 11) is 0. The van der Waals surface area contributed by atoms with E-state index < -0.39 is 0 Å². The van der Waals surface area contributed by atoms with Crippen molar-refractivity contribution in [2.45, 2.75) is 18.7 Å². The number of alkyl halides is 1. The molecule has 0 aromatic heterocycles. The molecule has 18 heavy (non-hydrogen) atoms. The van der Waals surface area contributed by atoms with Crippen molar-refractivity contribution in [1.29, 1.82) is 0 Å². The minimum absolute atomic E-state index is 0.238. The van der Waals surface area contributed by atoms with Crippen LogP contribution in [0.4, 0.5) is 4.39 Å². The molecule has 3 heteroatoms. The van der Waals surface area contributed by atoms with Gasteiger partial charge in [0.25, 0.3) is 0 Å². The van der Waals surface area contributed by atoms with Gasteiger partial charge in [-0.25, -0.2) is 4.39 Å². The number of benzene rings is 2. The van der Waals surface area contributed by atoms with Crippen LogP contribution in [0.2, 0.25) is 0 Å². The van der Waals surface area contributed by atoms with E-state index in [4.69, 9.17) is 11.6 Å². The zero-order valence-corrected chi connectivity index (χ0v) is 12.3. The Kier molecular flexibility index (Phi) is 4.41. The lowest BCUT2D eigenvalue weighted by molar-refractivity contribution is 0.624. The Morgan fingerprint density at radius 1 is 1.17 bits per heavy atom. The maximum Gasteiger partial charge on any atom is 0.123 e. The second-order valence-electron chi connectivity index (χ2n) is 4.32. The number of rotatable bonds is 3. The molecular formula is C15H13BrClF. The fourth-order valence-electron chi connectivity index (χ4n) is 1.80. The third kappa shape index (κ3) is 3.33. The second kappa shape index (κ2) is 5.85. The van der Waals surface area contributed by atoms with Gasteiger partial charge in [-0.1, -0.05) is 45.8 Å². The Bertz CT molecular complexity index is 537. The number of hydrogen-bond donors (Lipinski definition) is 0. The molecule has 0 fully saturated rings. The predicted octanol–water partition coefficient (Wildman–Crippen LogP) is 5.42. The summed E-state index contributed by atoms with van der Waals surface area (Å²) in [6.45, 7) is 2.05. The molecule has 0 aliphatic heterocycles. The third-order valence-corrected chi connectivity index (χ3v) is 3.94. The molecule has 94 valence electrons. The van der Waals surface area contributed by atoms with Crippen LogP contribution >= 0.6 is 27.5 Å². The van der Waals surface area contributed by atoms with Crippen molar-refractivity contribution < 1.29 is 4.39 Å². The summed E-state index contributed by atoms with van der Waals surface area (Å²) in [5, 5.41) is -0.238. The standard InChI is InChI=1S/C15H13BrClF/c1-10-2-4-11(5-3-10)8-15(17)13-9-12(18)6-7-14(13)16/h2-7,9,15H,8H2,1H3. The molecule has 0 aliphatic rings. The molecule has 0 bridgehead atoms. The summed E-state index contributed by atoms with van der Waals surface area (Å²) in [5.41, 5.74) is 3.16. The maximum atomic E-state index is 13.2. The summed E-state index contributed by atoms with van der Waals surface area (Å²) < 4.78 is 14.1. The highest BCUT2D eigenvalue weighted by molar-refractivity contribution is 9.10. The molecule has 2 aromatic carbocycles. The van der Waals surface area contributed by atoms with Crippen molar-refractivity contribution in [3.05, 3.63) is 69.4 Å². The van der Waals surface area contributed by atoms with Crippen LogP contribution in [0.1, 0.15) is 22.1 Å². The van der Waals surface area contributed by atoms with E-state index in [1.807, 2.05) is 6.92 Å². The minimum Gasteiger partial charge on any atom is -0.207 e. The van der Waals surface area contributed by atoms with Gasteiger partial charge < -0.3 is 0 Å².